The summed E-state index contributed by atoms with van der Waals surface area (Å²) in [6.07, 6.45) is 1.39. The quantitative estimate of drug-likeness (QED) is 0.447. The number of nitro groups is 1. The summed E-state index contributed by atoms with van der Waals surface area (Å²) in [4.78, 5) is 37.7. The summed E-state index contributed by atoms with van der Waals surface area (Å²) in [6.45, 7) is 3.01. The zero-order valence-corrected chi connectivity index (χ0v) is 18.0. The van der Waals surface area contributed by atoms with E-state index in [9.17, 15) is 19.7 Å². The first-order valence-corrected chi connectivity index (χ1v) is 10.4. The van der Waals surface area contributed by atoms with Crippen LogP contribution >= 0.6 is 0 Å². The lowest BCUT2D eigenvalue weighted by Gasteiger charge is -2.35. The lowest BCUT2D eigenvalue weighted by atomic mass is 10.0. The van der Waals surface area contributed by atoms with Crippen molar-refractivity contribution in [2.75, 3.05) is 30.8 Å². The molecule has 2 aromatic rings. The monoisotopic (exact) mass is 441 g/mol. The molecule has 0 saturated carbocycles. The smallest absolute Gasteiger partial charge is 0.319 e. The van der Waals surface area contributed by atoms with E-state index in [1.165, 1.54) is 19.2 Å². The van der Waals surface area contributed by atoms with E-state index in [0.717, 1.165) is 5.69 Å². The van der Waals surface area contributed by atoms with Gasteiger partial charge < -0.3 is 20.7 Å². The van der Waals surface area contributed by atoms with Gasteiger partial charge in [-0.15, -0.1) is 0 Å². The Bertz CT molecular complexity index is 960. The van der Waals surface area contributed by atoms with E-state index in [-0.39, 0.29) is 29.4 Å². The van der Waals surface area contributed by atoms with Gasteiger partial charge in [0, 0.05) is 24.8 Å². The molecular weight excluding hydrogens is 414 g/mol. The van der Waals surface area contributed by atoms with Crippen LogP contribution in [0.3, 0.4) is 0 Å². The maximum Gasteiger partial charge on any atom is 0.319 e. The largest absolute Gasteiger partial charge is 0.496 e. The molecule has 32 heavy (non-hydrogen) atoms. The molecule has 0 aliphatic carbocycles. The van der Waals surface area contributed by atoms with Gasteiger partial charge in [0.2, 0.25) is 5.91 Å². The number of carbonyl (C=O) groups excluding carboxylic acids is 2. The van der Waals surface area contributed by atoms with Crippen molar-refractivity contribution < 1.29 is 19.2 Å². The summed E-state index contributed by atoms with van der Waals surface area (Å²) >= 11 is 0. The highest BCUT2D eigenvalue weighted by atomic mass is 16.6. The minimum absolute atomic E-state index is 0.00731. The molecule has 1 unspecified atom stereocenters. The lowest BCUT2D eigenvalue weighted by molar-refractivity contribution is -0.384. The van der Waals surface area contributed by atoms with Crippen molar-refractivity contribution in [2.45, 2.75) is 31.8 Å². The van der Waals surface area contributed by atoms with Gasteiger partial charge in [-0.3, -0.25) is 19.8 Å². The number of nitrogens with zero attached hydrogens (tertiary/aromatic N) is 2. The predicted octanol–water partition coefficient (Wildman–Crippen LogP) is 3.22. The summed E-state index contributed by atoms with van der Waals surface area (Å²) in [5.74, 6) is 0.0140. The maximum atomic E-state index is 12.7. The molecule has 3 N–H and O–H groups in total. The fraction of sp³-hybridized carbons (Fsp3) is 0.364. The van der Waals surface area contributed by atoms with E-state index in [1.807, 2.05) is 35.2 Å². The Balaban J connectivity index is 1.50. The number of piperidine rings is 1. The van der Waals surface area contributed by atoms with Crippen LogP contribution in [0.25, 0.3) is 0 Å². The van der Waals surface area contributed by atoms with Crippen molar-refractivity contribution in [3.8, 4) is 5.75 Å². The zero-order valence-electron chi connectivity index (χ0n) is 18.0. The summed E-state index contributed by atoms with van der Waals surface area (Å²) in [7, 11) is 1.42. The molecule has 2 aromatic carbocycles. The minimum atomic E-state index is -0.555. The third-order valence-corrected chi connectivity index (χ3v) is 5.48. The molecule has 1 aliphatic rings. The van der Waals surface area contributed by atoms with Gasteiger partial charge in [-0.05, 0) is 44.0 Å². The van der Waals surface area contributed by atoms with Gasteiger partial charge >= 0.3 is 6.03 Å². The second-order valence-electron chi connectivity index (χ2n) is 7.58. The highest BCUT2D eigenvalue weighted by Crippen LogP contribution is 2.29. The van der Waals surface area contributed by atoms with Gasteiger partial charge in [0.25, 0.3) is 5.69 Å². The Morgan fingerprint density at radius 2 is 1.81 bits per heavy atom. The fourth-order valence-corrected chi connectivity index (χ4v) is 3.60. The van der Waals surface area contributed by atoms with Crippen molar-refractivity contribution in [3.63, 3.8) is 0 Å². The van der Waals surface area contributed by atoms with E-state index in [1.54, 1.807) is 13.0 Å². The first kappa shape index (κ1) is 23.0. The molecule has 3 amide bonds. The zero-order chi connectivity index (χ0) is 23.1. The fourth-order valence-electron chi connectivity index (χ4n) is 3.60. The van der Waals surface area contributed by atoms with Crippen LogP contribution in [0, 0.1) is 10.1 Å². The number of hydrogen-bond acceptors (Lipinski definition) is 6. The van der Waals surface area contributed by atoms with Crippen LogP contribution in [0.4, 0.5) is 21.9 Å². The third kappa shape index (κ3) is 5.94. The molecule has 0 bridgehead atoms. The van der Waals surface area contributed by atoms with Crippen LogP contribution in [-0.4, -0.2) is 54.0 Å². The van der Waals surface area contributed by atoms with Crippen molar-refractivity contribution in [2.24, 2.45) is 0 Å². The van der Waals surface area contributed by atoms with Crippen LogP contribution < -0.4 is 20.7 Å². The molecule has 0 radical (unpaired) electrons. The Kier molecular flexibility index (Phi) is 7.61. The number of urea groups is 1. The topological polar surface area (TPSA) is 126 Å². The van der Waals surface area contributed by atoms with E-state index in [0.29, 0.717) is 31.7 Å². The summed E-state index contributed by atoms with van der Waals surface area (Å²) in [5, 5.41) is 19.7. The van der Waals surface area contributed by atoms with Gasteiger partial charge in [-0.2, -0.15) is 0 Å². The number of benzene rings is 2. The van der Waals surface area contributed by atoms with E-state index in [4.69, 9.17) is 4.74 Å². The van der Waals surface area contributed by atoms with Crippen LogP contribution in [-0.2, 0) is 4.79 Å². The first-order chi connectivity index (χ1) is 15.4. The van der Waals surface area contributed by atoms with Crippen LogP contribution in [0.1, 0.15) is 19.8 Å². The SMILES string of the molecule is COc1ccc(NC(=O)C(C)N2CCC(NC(=O)Nc3ccccc3)CC2)c([N+](=O)[O-])c1. The summed E-state index contributed by atoms with van der Waals surface area (Å²) in [6, 6.07) is 12.8. The predicted molar refractivity (Wildman–Crippen MR) is 121 cm³/mol. The van der Waals surface area contributed by atoms with Crippen LogP contribution in [0.5, 0.6) is 5.75 Å². The van der Waals surface area contributed by atoms with Crippen molar-refractivity contribution in [1.29, 1.82) is 0 Å². The standard InChI is InChI=1S/C22H27N5O5/c1-15(21(28)25-19-9-8-18(32-2)14-20(19)27(30)31)26-12-10-17(11-13-26)24-22(29)23-16-6-4-3-5-7-16/h3-9,14-15,17H,10-13H2,1-2H3,(H,25,28)(H2,23,24,29). The number of nitro benzene ring substituents is 1. The molecule has 10 heteroatoms. The van der Waals surface area contributed by atoms with Crippen LogP contribution in [0.2, 0.25) is 0 Å². The van der Waals surface area contributed by atoms with Gasteiger partial charge in [-0.25, -0.2) is 4.79 Å². The average Bonchev–Trinajstić information content (AvgIpc) is 2.79. The molecule has 1 atom stereocenters. The molecule has 1 heterocycles. The number of amides is 3. The van der Waals surface area contributed by atoms with E-state index in [2.05, 4.69) is 16.0 Å². The number of nitrogens with one attached hydrogen (secondary N) is 3. The summed E-state index contributed by atoms with van der Waals surface area (Å²) in [5.41, 5.74) is 0.624. The number of carbonyl (C=O) groups is 2. The van der Waals surface area contributed by atoms with Crippen molar-refractivity contribution in [1.82, 2.24) is 10.2 Å². The van der Waals surface area contributed by atoms with Crippen LogP contribution in [0.15, 0.2) is 48.5 Å². The Morgan fingerprint density at radius 1 is 1.12 bits per heavy atom. The van der Waals surface area contributed by atoms with E-state index < -0.39 is 11.0 Å². The molecule has 1 fully saturated rings. The number of para-hydroxylation sites is 1. The number of anilines is 2. The minimum Gasteiger partial charge on any atom is -0.496 e. The Morgan fingerprint density at radius 3 is 2.44 bits per heavy atom. The third-order valence-electron chi connectivity index (χ3n) is 5.48. The molecule has 1 aliphatic heterocycles. The average molecular weight is 441 g/mol. The van der Waals surface area contributed by atoms with Crippen molar-refractivity contribution >= 4 is 29.0 Å². The van der Waals surface area contributed by atoms with Crippen molar-refractivity contribution in [3.05, 3.63) is 58.6 Å². The maximum absolute atomic E-state index is 12.7. The molecule has 0 spiro atoms. The molecule has 170 valence electrons. The molecular formula is C22H27N5O5. The number of likely N-dealkylation sites (tertiary alicyclic amines) is 1. The molecule has 0 aromatic heterocycles. The number of ether oxygens (including phenoxy) is 1. The van der Waals surface area contributed by atoms with Gasteiger partial charge in [-0.1, -0.05) is 18.2 Å². The second-order valence-corrected chi connectivity index (χ2v) is 7.58. The number of methoxy groups -OCH3 is 1. The lowest BCUT2D eigenvalue weighted by Crippen LogP contribution is -2.51. The van der Waals surface area contributed by atoms with Gasteiger partial charge in [0.05, 0.1) is 24.1 Å². The van der Waals surface area contributed by atoms with Gasteiger partial charge in [0.1, 0.15) is 11.4 Å². The number of hydrogen-bond donors (Lipinski definition) is 3. The highest BCUT2D eigenvalue weighted by molar-refractivity contribution is 5.96. The molecule has 3 rings (SSSR count). The Labute approximate surface area is 186 Å². The first-order valence-electron chi connectivity index (χ1n) is 10.4. The second kappa shape index (κ2) is 10.6. The normalized spacial score (nSPS) is 15.4. The number of rotatable bonds is 7. The summed E-state index contributed by atoms with van der Waals surface area (Å²) < 4.78 is 5.02. The molecule has 10 nitrogen and oxygen atoms in total. The van der Waals surface area contributed by atoms with Gasteiger partial charge in [0.15, 0.2) is 0 Å². The highest BCUT2D eigenvalue weighted by Gasteiger charge is 2.28. The Hall–Kier alpha value is -3.66. The van der Waals surface area contributed by atoms with E-state index >= 15 is 0 Å². The molecule has 1 saturated heterocycles.